The Hall–Kier alpha value is -3.35. The van der Waals surface area contributed by atoms with Gasteiger partial charge in [0.2, 0.25) is 0 Å². The van der Waals surface area contributed by atoms with E-state index in [1.807, 2.05) is 6.07 Å². The molecule has 0 aliphatic carbocycles. The van der Waals surface area contributed by atoms with Crippen molar-refractivity contribution in [2.75, 3.05) is 25.1 Å². The second-order valence-corrected chi connectivity index (χ2v) is 7.11. The first-order chi connectivity index (χ1) is 14.1. The number of nitrogens with zero attached hydrogens (tertiary/aromatic N) is 2. The Morgan fingerprint density at radius 2 is 1.83 bits per heavy atom. The maximum atomic E-state index is 13.1. The van der Waals surface area contributed by atoms with Gasteiger partial charge in [-0.05, 0) is 66.9 Å². The number of piperidine rings is 1. The third-order valence-electron chi connectivity index (χ3n) is 5.23. The van der Waals surface area contributed by atoms with Crippen molar-refractivity contribution in [3.63, 3.8) is 0 Å². The van der Waals surface area contributed by atoms with E-state index in [4.69, 9.17) is 4.74 Å². The molecule has 6 nitrogen and oxygen atoms in total. The molecule has 1 fully saturated rings. The van der Waals surface area contributed by atoms with Gasteiger partial charge in [-0.3, -0.25) is 9.89 Å². The number of halogens is 1. The summed E-state index contributed by atoms with van der Waals surface area (Å²) in [5, 5.41) is 10.5. The highest BCUT2D eigenvalue weighted by molar-refractivity contribution is 5.94. The molecule has 1 amide bonds. The molecule has 2 aromatic carbocycles. The minimum absolute atomic E-state index is 0.0653. The van der Waals surface area contributed by atoms with Crippen molar-refractivity contribution in [3.8, 4) is 17.0 Å². The zero-order chi connectivity index (χ0) is 20.2. The van der Waals surface area contributed by atoms with Crippen molar-refractivity contribution in [3.05, 3.63) is 66.0 Å². The average molecular weight is 394 g/mol. The quantitative estimate of drug-likeness (QED) is 0.693. The lowest BCUT2D eigenvalue weighted by atomic mass is 10.0. The molecule has 1 aromatic heterocycles. The van der Waals surface area contributed by atoms with Crippen LogP contribution in [0.5, 0.6) is 5.75 Å². The summed E-state index contributed by atoms with van der Waals surface area (Å²) >= 11 is 0. The molecule has 2 N–H and O–H groups in total. The highest BCUT2D eigenvalue weighted by Gasteiger charge is 2.23. The standard InChI is InChI=1S/C22H23FN4O2/c1-29-19-8-4-16(5-9-19)22(28)24-18-10-12-27(13-11-18)21-14-20(25-26-21)15-2-6-17(23)7-3-15/h2-9,14,18H,10-13H2,1H3,(H,24,28)(H,25,26). The van der Waals surface area contributed by atoms with E-state index >= 15 is 0 Å². The number of hydrogen-bond donors (Lipinski definition) is 2. The number of carbonyl (C=O) groups is 1. The highest BCUT2D eigenvalue weighted by Crippen LogP contribution is 2.24. The molecule has 1 aliphatic heterocycles. The fourth-order valence-electron chi connectivity index (χ4n) is 3.51. The second kappa shape index (κ2) is 8.34. The molecule has 0 saturated carbocycles. The van der Waals surface area contributed by atoms with E-state index < -0.39 is 0 Å². The predicted octanol–water partition coefficient (Wildman–Crippen LogP) is 3.62. The van der Waals surface area contributed by atoms with Crippen LogP contribution in [0.4, 0.5) is 10.2 Å². The van der Waals surface area contributed by atoms with Crippen molar-refractivity contribution < 1.29 is 13.9 Å². The second-order valence-electron chi connectivity index (χ2n) is 7.11. The molecule has 1 saturated heterocycles. The van der Waals surface area contributed by atoms with Gasteiger partial charge in [0.1, 0.15) is 11.6 Å². The third kappa shape index (κ3) is 4.39. The molecule has 0 unspecified atom stereocenters. The molecular formula is C22H23FN4O2. The van der Waals surface area contributed by atoms with Crippen molar-refractivity contribution in [2.45, 2.75) is 18.9 Å². The van der Waals surface area contributed by atoms with Crippen LogP contribution in [-0.4, -0.2) is 42.3 Å². The first-order valence-electron chi connectivity index (χ1n) is 9.63. The maximum Gasteiger partial charge on any atom is 0.251 e. The number of H-pyrrole nitrogens is 1. The van der Waals surface area contributed by atoms with E-state index in [-0.39, 0.29) is 17.8 Å². The number of amides is 1. The normalized spacial score (nSPS) is 14.6. The van der Waals surface area contributed by atoms with Crippen molar-refractivity contribution in [2.24, 2.45) is 0 Å². The first-order valence-corrected chi connectivity index (χ1v) is 9.63. The molecule has 150 valence electrons. The van der Waals surface area contributed by atoms with Crippen LogP contribution in [0.1, 0.15) is 23.2 Å². The Labute approximate surface area is 168 Å². The van der Waals surface area contributed by atoms with Gasteiger partial charge in [0.05, 0.1) is 12.8 Å². The van der Waals surface area contributed by atoms with Gasteiger partial charge in [-0.1, -0.05) is 0 Å². The zero-order valence-corrected chi connectivity index (χ0v) is 16.2. The Bertz CT molecular complexity index is 961. The number of anilines is 1. The van der Waals surface area contributed by atoms with E-state index in [1.165, 1.54) is 12.1 Å². The van der Waals surface area contributed by atoms with Gasteiger partial charge < -0.3 is 15.0 Å². The molecule has 3 aromatic rings. The van der Waals surface area contributed by atoms with Crippen LogP contribution < -0.4 is 15.0 Å². The number of carbonyl (C=O) groups excluding carboxylic acids is 1. The summed E-state index contributed by atoms with van der Waals surface area (Å²) in [6.07, 6.45) is 1.70. The lowest BCUT2D eigenvalue weighted by Gasteiger charge is -2.32. The topological polar surface area (TPSA) is 70.2 Å². The lowest BCUT2D eigenvalue weighted by Crippen LogP contribution is -2.44. The van der Waals surface area contributed by atoms with E-state index in [2.05, 4.69) is 20.4 Å². The average Bonchev–Trinajstić information content (AvgIpc) is 3.25. The minimum atomic E-state index is -0.257. The van der Waals surface area contributed by atoms with E-state index in [1.54, 1.807) is 43.5 Å². The minimum Gasteiger partial charge on any atom is -0.497 e. The largest absolute Gasteiger partial charge is 0.497 e. The highest BCUT2D eigenvalue weighted by atomic mass is 19.1. The van der Waals surface area contributed by atoms with Crippen molar-refractivity contribution >= 4 is 11.7 Å². The monoisotopic (exact) mass is 394 g/mol. The molecule has 0 radical (unpaired) electrons. The van der Waals surface area contributed by atoms with Gasteiger partial charge in [-0.25, -0.2) is 4.39 Å². The van der Waals surface area contributed by atoms with Crippen LogP contribution in [0.15, 0.2) is 54.6 Å². The number of methoxy groups -OCH3 is 1. The Morgan fingerprint density at radius 1 is 1.14 bits per heavy atom. The summed E-state index contributed by atoms with van der Waals surface area (Å²) in [7, 11) is 1.60. The van der Waals surface area contributed by atoms with Crippen LogP contribution in [0.3, 0.4) is 0 Å². The molecular weight excluding hydrogens is 371 g/mol. The van der Waals surface area contributed by atoms with E-state index in [0.29, 0.717) is 5.56 Å². The lowest BCUT2D eigenvalue weighted by molar-refractivity contribution is 0.0931. The van der Waals surface area contributed by atoms with Gasteiger partial charge in [-0.2, -0.15) is 5.10 Å². The molecule has 7 heteroatoms. The summed E-state index contributed by atoms with van der Waals surface area (Å²) < 4.78 is 18.2. The van der Waals surface area contributed by atoms with E-state index in [9.17, 15) is 9.18 Å². The fraction of sp³-hybridized carbons (Fsp3) is 0.273. The number of aromatic nitrogens is 2. The summed E-state index contributed by atoms with van der Waals surface area (Å²) in [6, 6.07) is 15.6. The Morgan fingerprint density at radius 3 is 2.48 bits per heavy atom. The van der Waals surface area contributed by atoms with Crippen molar-refractivity contribution in [1.29, 1.82) is 0 Å². The summed E-state index contributed by atoms with van der Waals surface area (Å²) in [5.74, 6) is 1.27. The van der Waals surface area contributed by atoms with Crippen LogP contribution in [-0.2, 0) is 0 Å². The van der Waals surface area contributed by atoms with Crippen LogP contribution in [0, 0.1) is 5.82 Å². The van der Waals surface area contributed by atoms with Crippen LogP contribution in [0.25, 0.3) is 11.3 Å². The molecule has 0 bridgehead atoms. The predicted molar refractivity (Wildman–Crippen MR) is 110 cm³/mol. The summed E-state index contributed by atoms with van der Waals surface area (Å²) in [5.41, 5.74) is 2.38. The molecule has 0 spiro atoms. The SMILES string of the molecule is COc1ccc(C(=O)NC2CCN(c3cc(-c4ccc(F)cc4)[nH]n3)CC2)cc1. The summed E-state index contributed by atoms with van der Waals surface area (Å²) in [6.45, 7) is 1.61. The maximum absolute atomic E-state index is 13.1. The number of hydrogen-bond acceptors (Lipinski definition) is 4. The van der Waals surface area contributed by atoms with Gasteiger partial charge in [0, 0.05) is 30.8 Å². The molecule has 0 atom stereocenters. The first kappa shape index (κ1) is 19.0. The zero-order valence-electron chi connectivity index (χ0n) is 16.2. The van der Waals surface area contributed by atoms with Crippen LogP contribution >= 0.6 is 0 Å². The van der Waals surface area contributed by atoms with Gasteiger partial charge in [-0.15, -0.1) is 0 Å². The number of rotatable bonds is 5. The molecule has 1 aliphatic rings. The van der Waals surface area contributed by atoms with E-state index in [0.717, 1.165) is 48.8 Å². The molecule has 29 heavy (non-hydrogen) atoms. The van der Waals surface area contributed by atoms with Crippen LogP contribution in [0.2, 0.25) is 0 Å². The number of benzene rings is 2. The Balaban J connectivity index is 1.32. The smallest absolute Gasteiger partial charge is 0.251 e. The number of ether oxygens (including phenoxy) is 1. The van der Waals surface area contributed by atoms with Crippen molar-refractivity contribution in [1.82, 2.24) is 15.5 Å². The Kier molecular flexibility index (Phi) is 5.46. The molecule has 2 heterocycles. The summed E-state index contributed by atoms with van der Waals surface area (Å²) in [4.78, 5) is 14.6. The third-order valence-corrected chi connectivity index (χ3v) is 5.23. The molecule has 4 rings (SSSR count). The fourth-order valence-corrected chi connectivity index (χ4v) is 3.51. The van der Waals surface area contributed by atoms with Gasteiger partial charge >= 0.3 is 0 Å². The number of aromatic amines is 1. The number of nitrogens with one attached hydrogen (secondary N) is 2. The van der Waals surface area contributed by atoms with Gasteiger partial charge in [0.25, 0.3) is 5.91 Å². The van der Waals surface area contributed by atoms with Gasteiger partial charge in [0.15, 0.2) is 5.82 Å².